The molecule has 1 fully saturated rings. The smallest absolute Gasteiger partial charge is 0.380 e. The lowest BCUT2D eigenvalue weighted by atomic mass is 10.1. The average molecular weight is 240 g/mol. The van der Waals surface area contributed by atoms with Gasteiger partial charge in [-0.1, -0.05) is 0 Å². The molecule has 0 bridgehead atoms. The maximum absolute atomic E-state index is 11.8. The van der Waals surface area contributed by atoms with E-state index in [4.69, 9.17) is 4.74 Å². The Morgan fingerprint density at radius 3 is 2.75 bits per heavy atom. The summed E-state index contributed by atoms with van der Waals surface area (Å²) < 4.78 is 40.4. The van der Waals surface area contributed by atoms with Gasteiger partial charge in [0.25, 0.3) is 0 Å². The molecule has 0 aromatic rings. The number of hydrogen-bond donors (Lipinski definition) is 2. The summed E-state index contributed by atoms with van der Waals surface area (Å²) in [5.41, 5.74) is 0. The number of halogens is 3. The van der Waals surface area contributed by atoms with Crippen LogP contribution in [-0.4, -0.2) is 44.4 Å². The van der Waals surface area contributed by atoms with Gasteiger partial charge in [0.15, 0.2) is 0 Å². The van der Waals surface area contributed by atoms with Gasteiger partial charge in [-0.25, -0.2) is 0 Å². The van der Waals surface area contributed by atoms with Crippen molar-refractivity contribution in [1.82, 2.24) is 10.6 Å². The molecule has 1 aliphatic heterocycles. The highest BCUT2D eigenvalue weighted by atomic mass is 19.4. The number of nitrogens with one attached hydrogen (secondary N) is 2. The monoisotopic (exact) mass is 240 g/mol. The minimum atomic E-state index is -4.36. The minimum absolute atomic E-state index is 0.0605. The average Bonchev–Trinajstić information content (AvgIpc) is 2.24. The van der Waals surface area contributed by atoms with Gasteiger partial charge in [0, 0.05) is 12.6 Å². The van der Waals surface area contributed by atoms with Gasteiger partial charge in [-0.2, -0.15) is 13.2 Å². The summed E-state index contributed by atoms with van der Waals surface area (Å²) in [4.78, 5) is 11.0. The molecule has 4 nitrogen and oxygen atoms in total. The fourth-order valence-electron chi connectivity index (χ4n) is 1.40. The SMILES string of the molecule is O=C(CNC1CCCOC1)NCC(F)(F)F. The van der Waals surface area contributed by atoms with Gasteiger partial charge in [-0.15, -0.1) is 0 Å². The predicted octanol–water partition coefficient (Wildman–Crippen LogP) is 0.433. The second-order valence-electron chi connectivity index (χ2n) is 3.69. The Morgan fingerprint density at radius 1 is 1.44 bits per heavy atom. The molecule has 1 unspecified atom stereocenters. The van der Waals surface area contributed by atoms with Gasteiger partial charge in [0.1, 0.15) is 6.54 Å². The van der Waals surface area contributed by atoms with Crippen molar-refractivity contribution in [2.24, 2.45) is 0 Å². The van der Waals surface area contributed by atoms with Crippen LogP contribution in [0.1, 0.15) is 12.8 Å². The summed E-state index contributed by atoms with van der Waals surface area (Å²) >= 11 is 0. The molecular weight excluding hydrogens is 225 g/mol. The van der Waals surface area contributed by atoms with E-state index in [1.54, 1.807) is 5.32 Å². The summed E-state index contributed by atoms with van der Waals surface area (Å²) in [6, 6.07) is 0.0605. The Bertz CT molecular complexity index is 227. The molecule has 16 heavy (non-hydrogen) atoms. The number of ether oxygens (including phenoxy) is 1. The lowest BCUT2D eigenvalue weighted by Crippen LogP contribution is -2.44. The van der Waals surface area contributed by atoms with Crippen molar-refractivity contribution >= 4 is 5.91 Å². The first-order valence-electron chi connectivity index (χ1n) is 5.12. The van der Waals surface area contributed by atoms with Crippen LogP contribution in [0.3, 0.4) is 0 Å². The first kappa shape index (κ1) is 13.2. The third-order valence-corrected chi connectivity index (χ3v) is 2.20. The number of rotatable bonds is 4. The molecular formula is C9H15F3N2O2. The van der Waals surface area contributed by atoms with Crippen LogP contribution in [0.15, 0.2) is 0 Å². The zero-order valence-electron chi connectivity index (χ0n) is 8.77. The summed E-state index contributed by atoms with van der Waals surface area (Å²) in [6.45, 7) is -0.177. The highest BCUT2D eigenvalue weighted by molar-refractivity contribution is 5.78. The second kappa shape index (κ2) is 6.05. The van der Waals surface area contributed by atoms with Crippen molar-refractivity contribution in [1.29, 1.82) is 0 Å². The molecule has 0 spiro atoms. The van der Waals surface area contributed by atoms with E-state index in [-0.39, 0.29) is 12.6 Å². The topological polar surface area (TPSA) is 50.4 Å². The van der Waals surface area contributed by atoms with Crippen molar-refractivity contribution in [3.05, 3.63) is 0 Å². The lowest BCUT2D eigenvalue weighted by Gasteiger charge is -2.22. The molecule has 0 aliphatic carbocycles. The molecule has 1 atom stereocenters. The Labute approximate surface area is 91.5 Å². The van der Waals surface area contributed by atoms with E-state index in [0.717, 1.165) is 12.8 Å². The van der Waals surface area contributed by atoms with Crippen molar-refractivity contribution in [2.75, 3.05) is 26.3 Å². The van der Waals surface area contributed by atoms with Crippen LogP contribution in [0, 0.1) is 0 Å². The zero-order chi connectivity index (χ0) is 12.0. The minimum Gasteiger partial charge on any atom is -0.380 e. The second-order valence-corrected chi connectivity index (χ2v) is 3.69. The van der Waals surface area contributed by atoms with Gasteiger partial charge in [0.05, 0.1) is 13.2 Å². The third-order valence-electron chi connectivity index (χ3n) is 2.20. The number of alkyl halides is 3. The van der Waals surface area contributed by atoms with E-state index in [1.165, 1.54) is 0 Å². The van der Waals surface area contributed by atoms with Crippen LogP contribution in [0.25, 0.3) is 0 Å². The van der Waals surface area contributed by atoms with Crippen molar-refractivity contribution in [3.63, 3.8) is 0 Å². The summed E-state index contributed by atoms with van der Waals surface area (Å²) in [6.07, 6.45) is -2.57. The maximum Gasteiger partial charge on any atom is 0.405 e. The molecule has 1 saturated heterocycles. The molecule has 1 heterocycles. The fourth-order valence-corrected chi connectivity index (χ4v) is 1.40. The van der Waals surface area contributed by atoms with Crippen molar-refractivity contribution < 1.29 is 22.7 Å². The molecule has 0 radical (unpaired) electrons. The Balaban J connectivity index is 2.09. The van der Waals surface area contributed by atoms with Crippen LogP contribution in [0.2, 0.25) is 0 Å². The Hall–Kier alpha value is -0.820. The molecule has 0 saturated carbocycles. The molecule has 0 aromatic carbocycles. The van der Waals surface area contributed by atoms with E-state index < -0.39 is 18.6 Å². The van der Waals surface area contributed by atoms with Crippen molar-refractivity contribution in [2.45, 2.75) is 25.1 Å². The van der Waals surface area contributed by atoms with Crippen LogP contribution in [-0.2, 0) is 9.53 Å². The standard InChI is InChI=1S/C9H15F3N2O2/c10-9(11,12)6-14-8(15)4-13-7-2-1-3-16-5-7/h7,13H,1-6H2,(H,14,15). The van der Waals surface area contributed by atoms with Crippen LogP contribution >= 0.6 is 0 Å². The van der Waals surface area contributed by atoms with E-state index in [2.05, 4.69) is 5.32 Å². The lowest BCUT2D eigenvalue weighted by molar-refractivity contribution is -0.138. The largest absolute Gasteiger partial charge is 0.405 e. The van der Waals surface area contributed by atoms with Gasteiger partial charge in [0.2, 0.25) is 5.91 Å². The number of hydrogen-bond acceptors (Lipinski definition) is 3. The number of amides is 1. The van der Waals surface area contributed by atoms with E-state index in [1.807, 2.05) is 0 Å². The molecule has 7 heteroatoms. The molecule has 0 aromatic heterocycles. The summed E-state index contributed by atoms with van der Waals surface area (Å²) in [7, 11) is 0. The normalized spacial score (nSPS) is 21.8. The van der Waals surface area contributed by atoms with Crippen molar-refractivity contribution in [3.8, 4) is 0 Å². The van der Waals surface area contributed by atoms with E-state index in [9.17, 15) is 18.0 Å². The molecule has 1 amide bonds. The quantitative estimate of drug-likeness (QED) is 0.749. The number of carbonyl (C=O) groups excluding carboxylic acids is 1. The van der Waals surface area contributed by atoms with Gasteiger partial charge in [-0.3, -0.25) is 4.79 Å². The third kappa shape index (κ3) is 5.92. The molecule has 94 valence electrons. The number of carbonyl (C=O) groups is 1. The Kier molecular flexibility index (Phi) is 5.01. The molecule has 1 rings (SSSR count). The summed E-state index contributed by atoms with van der Waals surface area (Å²) in [5, 5.41) is 4.65. The zero-order valence-corrected chi connectivity index (χ0v) is 8.77. The predicted molar refractivity (Wildman–Crippen MR) is 50.9 cm³/mol. The highest BCUT2D eigenvalue weighted by Gasteiger charge is 2.27. The first-order chi connectivity index (χ1) is 7.47. The van der Waals surface area contributed by atoms with E-state index >= 15 is 0 Å². The van der Waals surface area contributed by atoms with Crippen LogP contribution < -0.4 is 10.6 Å². The molecule has 1 aliphatic rings. The fraction of sp³-hybridized carbons (Fsp3) is 0.889. The van der Waals surface area contributed by atoms with Crippen LogP contribution in [0.5, 0.6) is 0 Å². The molecule has 2 N–H and O–H groups in total. The summed E-state index contributed by atoms with van der Waals surface area (Å²) in [5.74, 6) is -0.650. The van der Waals surface area contributed by atoms with Gasteiger partial charge < -0.3 is 15.4 Å². The van der Waals surface area contributed by atoms with Crippen LogP contribution in [0.4, 0.5) is 13.2 Å². The van der Waals surface area contributed by atoms with Gasteiger partial charge in [-0.05, 0) is 12.8 Å². The van der Waals surface area contributed by atoms with E-state index in [0.29, 0.717) is 13.2 Å². The van der Waals surface area contributed by atoms with Gasteiger partial charge >= 0.3 is 6.18 Å². The Morgan fingerprint density at radius 2 is 2.19 bits per heavy atom. The maximum atomic E-state index is 11.8. The highest BCUT2D eigenvalue weighted by Crippen LogP contribution is 2.11. The first-order valence-corrected chi connectivity index (χ1v) is 5.12.